The highest BCUT2D eigenvalue weighted by Crippen LogP contribution is 2.34. The van der Waals surface area contributed by atoms with Crippen LogP contribution in [0.15, 0.2) is 127 Å². The van der Waals surface area contributed by atoms with Gasteiger partial charge >= 0.3 is 5.97 Å². The molecule has 196 valence electrons. The van der Waals surface area contributed by atoms with Crippen molar-refractivity contribution in [1.82, 2.24) is 4.57 Å². The van der Waals surface area contributed by atoms with Gasteiger partial charge in [0.15, 0.2) is 0 Å². The van der Waals surface area contributed by atoms with Crippen molar-refractivity contribution in [3.63, 3.8) is 0 Å². The van der Waals surface area contributed by atoms with E-state index in [4.69, 9.17) is 0 Å². The number of benzene rings is 4. The van der Waals surface area contributed by atoms with Crippen molar-refractivity contribution in [3.05, 3.63) is 149 Å². The van der Waals surface area contributed by atoms with E-state index in [9.17, 15) is 20.4 Å². The highest BCUT2D eigenvalue weighted by atomic mass is 16.4. The van der Waals surface area contributed by atoms with Gasteiger partial charge in [0.25, 0.3) is 0 Å². The van der Waals surface area contributed by atoms with Gasteiger partial charge in [0.2, 0.25) is 0 Å². The fraction of sp³-hybridized carbons (Fsp3) is 0. The molecule has 0 atom stereocenters. The molecule has 0 aliphatic carbocycles. The molecule has 6 nitrogen and oxygen atoms in total. The van der Waals surface area contributed by atoms with Crippen LogP contribution in [0.4, 0.5) is 17.1 Å². The summed E-state index contributed by atoms with van der Waals surface area (Å²) in [5, 5.41) is 27.9. The van der Waals surface area contributed by atoms with Crippen LogP contribution in [0.5, 0.6) is 0 Å². The van der Waals surface area contributed by atoms with Gasteiger partial charge in [-0.15, -0.1) is 0 Å². The predicted molar refractivity (Wildman–Crippen MR) is 162 cm³/mol. The smallest absolute Gasteiger partial charge is 0.346 e. The van der Waals surface area contributed by atoms with Gasteiger partial charge in [0.05, 0.1) is 11.6 Å². The number of carbonyl (C=O) groups is 1. The molecule has 0 amide bonds. The van der Waals surface area contributed by atoms with Gasteiger partial charge in [0.1, 0.15) is 11.6 Å². The molecule has 0 aliphatic rings. The minimum Gasteiger partial charge on any atom is -0.477 e. The van der Waals surface area contributed by atoms with E-state index in [0.29, 0.717) is 11.3 Å². The Bertz CT molecular complexity index is 1760. The van der Waals surface area contributed by atoms with Crippen molar-refractivity contribution in [2.75, 3.05) is 4.90 Å². The summed E-state index contributed by atoms with van der Waals surface area (Å²) in [6.45, 7) is 0. The summed E-state index contributed by atoms with van der Waals surface area (Å²) in [4.78, 5) is 13.7. The molecule has 1 aromatic heterocycles. The van der Waals surface area contributed by atoms with Crippen molar-refractivity contribution in [1.29, 1.82) is 10.5 Å². The lowest BCUT2D eigenvalue weighted by Crippen LogP contribution is -2.09. The van der Waals surface area contributed by atoms with Gasteiger partial charge in [-0.2, -0.15) is 10.5 Å². The van der Waals surface area contributed by atoms with Crippen LogP contribution in [0.25, 0.3) is 23.9 Å². The fourth-order valence-electron chi connectivity index (χ4n) is 4.50. The van der Waals surface area contributed by atoms with Crippen molar-refractivity contribution >= 4 is 41.3 Å². The predicted octanol–water partition coefficient (Wildman–Crippen LogP) is 7.98. The number of para-hydroxylation sites is 2. The molecule has 0 saturated heterocycles. The lowest BCUT2D eigenvalue weighted by atomic mass is 10.1. The van der Waals surface area contributed by atoms with Crippen LogP contribution in [-0.4, -0.2) is 15.6 Å². The number of hydrogen-bond donors (Lipinski definition) is 1. The van der Waals surface area contributed by atoms with E-state index in [1.54, 1.807) is 36.4 Å². The maximum Gasteiger partial charge on any atom is 0.346 e. The summed E-state index contributed by atoms with van der Waals surface area (Å²) in [5.74, 6) is -1.29. The minimum atomic E-state index is -1.29. The first-order valence-electron chi connectivity index (χ1n) is 12.8. The maximum absolute atomic E-state index is 11.5. The number of carboxylic acid groups (broad SMARTS) is 1. The minimum absolute atomic E-state index is 0.370. The van der Waals surface area contributed by atoms with Crippen LogP contribution in [0, 0.1) is 22.7 Å². The Hall–Kier alpha value is -6.11. The van der Waals surface area contributed by atoms with Crippen LogP contribution in [0.1, 0.15) is 22.5 Å². The normalized spacial score (nSPS) is 11.1. The molecule has 5 aromatic rings. The summed E-state index contributed by atoms with van der Waals surface area (Å²) < 4.78 is 1.85. The molecule has 1 heterocycles. The number of aliphatic carboxylic acids is 1. The first kappa shape index (κ1) is 26.5. The van der Waals surface area contributed by atoms with Crippen LogP contribution in [0.2, 0.25) is 0 Å². The van der Waals surface area contributed by atoms with Gasteiger partial charge < -0.3 is 14.6 Å². The third-order valence-corrected chi connectivity index (χ3v) is 6.47. The van der Waals surface area contributed by atoms with E-state index >= 15 is 0 Å². The quantitative estimate of drug-likeness (QED) is 0.162. The van der Waals surface area contributed by atoms with Gasteiger partial charge in [-0.3, -0.25) is 0 Å². The third kappa shape index (κ3) is 5.98. The Kier molecular flexibility index (Phi) is 7.86. The number of hydrogen-bond acceptors (Lipinski definition) is 4. The molecule has 0 radical (unpaired) electrons. The third-order valence-electron chi connectivity index (χ3n) is 6.47. The van der Waals surface area contributed by atoms with E-state index in [1.165, 1.54) is 6.08 Å². The number of rotatable bonds is 8. The monoisotopic (exact) mass is 532 g/mol. The Morgan fingerprint density at radius 3 is 1.78 bits per heavy atom. The highest BCUT2D eigenvalue weighted by molar-refractivity contribution is 5.96. The van der Waals surface area contributed by atoms with E-state index in [2.05, 4.69) is 47.4 Å². The second-order valence-electron chi connectivity index (χ2n) is 9.08. The van der Waals surface area contributed by atoms with E-state index in [0.717, 1.165) is 34.0 Å². The van der Waals surface area contributed by atoms with E-state index in [-0.39, 0.29) is 5.57 Å². The zero-order valence-corrected chi connectivity index (χ0v) is 21.9. The average Bonchev–Trinajstić information content (AvgIpc) is 3.42. The molecule has 0 aliphatic heterocycles. The molecule has 0 bridgehead atoms. The van der Waals surface area contributed by atoms with Crippen molar-refractivity contribution in [2.45, 2.75) is 0 Å². The highest BCUT2D eigenvalue weighted by Gasteiger charge is 2.13. The standard InChI is InChI=1S/C35H24N4O2/c36-24-27-14-19-32(20-15-27)39-33(21-22-34(39)23-28(25-37)35(40)41)18-13-26-11-16-31(17-12-26)38(29-7-3-1-4-8-29)30-9-5-2-6-10-30/h1-23H,(H,40,41)/b18-13-,28-23+. The Morgan fingerprint density at radius 1 is 0.683 bits per heavy atom. The number of carboxylic acids is 1. The number of anilines is 3. The second kappa shape index (κ2) is 12.2. The van der Waals surface area contributed by atoms with Crippen molar-refractivity contribution < 1.29 is 9.90 Å². The number of nitriles is 2. The van der Waals surface area contributed by atoms with E-state index < -0.39 is 5.97 Å². The molecule has 0 fully saturated rings. The zero-order valence-electron chi connectivity index (χ0n) is 21.9. The first-order valence-corrected chi connectivity index (χ1v) is 12.8. The molecular weight excluding hydrogens is 508 g/mol. The molecule has 6 heteroatoms. The summed E-state index contributed by atoms with van der Waals surface area (Å²) >= 11 is 0. The second-order valence-corrected chi connectivity index (χ2v) is 9.08. The fourth-order valence-corrected chi connectivity index (χ4v) is 4.50. The zero-order chi connectivity index (χ0) is 28.6. The summed E-state index contributed by atoms with van der Waals surface area (Å²) in [6, 6.07) is 43.0. The molecule has 41 heavy (non-hydrogen) atoms. The largest absolute Gasteiger partial charge is 0.477 e. The van der Waals surface area contributed by atoms with Crippen LogP contribution < -0.4 is 4.90 Å². The van der Waals surface area contributed by atoms with Gasteiger partial charge in [-0.1, -0.05) is 54.6 Å². The molecule has 4 aromatic carbocycles. The van der Waals surface area contributed by atoms with Gasteiger partial charge in [-0.05, 0) is 90.5 Å². The molecular formula is C35H24N4O2. The molecule has 0 spiro atoms. The lowest BCUT2D eigenvalue weighted by Gasteiger charge is -2.25. The maximum atomic E-state index is 11.5. The van der Waals surface area contributed by atoms with Crippen molar-refractivity contribution in [3.8, 4) is 17.8 Å². The number of aromatic nitrogens is 1. The Balaban J connectivity index is 1.49. The lowest BCUT2D eigenvalue weighted by molar-refractivity contribution is -0.132. The first-order chi connectivity index (χ1) is 20.1. The molecule has 1 N–H and O–H groups in total. The van der Waals surface area contributed by atoms with Crippen LogP contribution >= 0.6 is 0 Å². The topological polar surface area (TPSA) is 93.0 Å². The summed E-state index contributed by atoms with van der Waals surface area (Å²) in [7, 11) is 0. The van der Waals surface area contributed by atoms with Gasteiger partial charge in [-0.25, -0.2) is 4.79 Å². The summed E-state index contributed by atoms with van der Waals surface area (Å²) in [5.41, 5.74) is 6.30. The average molecular weight is 533 g/mol. The Morgan fingerprint density at radius 2 is 1.24 bits per heavy atom. The Labute approximate surface area is 238 Å². The van der Waals surface area contributed by atoms with Crippen LogP contribution in [0.3, 0.4) is 0 Å². The molecule has 0 unspecified atom stereocenters. The van der Waals surface area contributed by atoms with Gasteiger partial charge in [0, 0.05) is 34.1 Å². The SMILES string of the molecule is N#C/C(=C\c1ccc(/C=C\c2ccc(N(c3ccccc3)c3ccccc3)cc2)n1-c1ccc(C#N)cc1)C(=O)O. The molecule has 5 rings (SSSR count). The summed E-state index contributed by atoms with van der Waals surface area (Å²) in [6.07, 6.45) is 5.25. The van der Waals surface area contributed by atoms with Crippen molar-refractivity contribution in [2.24, 2.45) is 0 Å². The number of nitrogens with zero attached hydrogens (tertiary/aromatic N) is 4. The van der Waals surface area contributed by atoms with E-state index in [1.807, 2.05) is 71.3 Å². The molecule has 0 saturated carbocycles. The van der Waals surface area contributed by atoms with Crippen LogP contribution in [-0.2, 0) is 4.79 Å².